The van der Waals surface area contributed by atoms with E-state index in [0.29, 0.717) is 18.2 Å². The van der Waals surface area contributed by atoms with E-state index in [4.69, 9.17) is 14.3 Å². The van der Waals surface area contributed by atoms with Crippen molar-refractivity contribution < 1.29 is 19.1 Å². The van der Waals surface area contributed by atoms with Crippen molar-refractivity contribution in [2.24, 2.45) is 0 Å². The van der Waals surface area contributed by atoms with Gasteiger partial charge in [-0.15, -0.1) is 0 Å². The molecule has 114 valence electrons. The maximum Gasteiger partial charge on any atom is 0.371 e. The molecule has 0 saturated heterocycles. The predicted octanol–water partition coefficient (Wildman–Crippen LogP) is 3.04. The second kappa shape index (κ2) is 7.24. The number of fused-ring (bicyclic) bond motifs is 1. The normalized spacial score (nSPS) is 12.7. The smallest absolute Gasteiger partial charge is 0.371 e. The molecular weight excluding hydrogens is 270 g/mol. The number of aromatic carboxylic acids is 1. The van der Waals surface area contributed by atoms with E-state index in [0.717, 1.165) is 30.3 Å². The molecule has 5 heteroatoms. The van der Waals surface area contributed by atoms with Gasteiger partial charge in [-0.3, -0.25) is 0 Å². The van der Waals surface area contributed by atoms with Crippen molar-refractivity contribution in [3.8, 4) is 0 Å². The lowest BCUT2D eigenvalue weighted by atomic mass is 10.1. The second-order valence-corrected chi connectivity index (χ2v) is 5.11. The quantitative estimate of drug-likeness (QED) is 0.782. The van der Waals surface area contributed by atoms with Crippen molar-refractivity contribution in [2.45, 2.75) is 32.4 Å². The van der Waals surface area contributed by atoms with Gasteiger partial charge < -0.3 is 19.6 Å². The Morgan fingerprint density at radius 1 is 1.43 bits per heavy atom. The van der Waals surface area contributed by atoms with Crippen molar-refractivity contribution in [3.63, 3.8) is 0 Å². The van der Waals surface area contributed by atoms with Crippen molar-refractivity contribution in [2.75, 3.05) is 13.7 Å². The van der Waals surface area contributed by atoms with Gasteiger partial charge in [-0.1, -0.05) is 19.4 Å². The Kier molecular flexibility index (Phi) is 5.36. The standard InChI is InChI=1S/C16H21NO4/c1-3-4-13(10-20-2)17-9-11-5-6-14-12(7-11)8-15(21-14)16(18)19/h5-8,13,17H,3-4,9-10H2,1-2H3,(H,18,19). The third-order valence-electron chi connectivity index (χ3n) is 3.39. The minimum absolute atomic E-state index is 0.0293. The molecule has 0 amide bonds. The highest BCUT2D eigenvalue weighted by atomic mass is 16.5. The van der Waals surface area contributed by atoms with Gasteiger partial charge in [-0.2, -0.15) is 0 Å². The van der Waals surface area contributed by atoms with E-state index in [1.165, 1.54) is 0 Å². The van der Waals surface area contributed by atoms with Crippen LogP contribution in [0.15, 0.2) is 28.7 Å². The Labute approximate surface area is 123 Å². The number of hydrogen-bond acceptors (Lipinski definition) is 4. The summed E-state index contributed by atoms with van der Waals surface area (Å²) in [6.45, 7) is 3.55. The molecule has 1 unspecified atom stereocenters. The summed E-state index contributed by atoms with van der Waals surface area (Å²) >= 11 is 0. The maximum atomic E-state index is 10.9. The topological polar surface area (TPSA) is 71.7 Å². The van der Waals surface area contributed by atoms with Gasteiger partial charge >= 0.3 is 5.97 Å². The summed E-state index contributed by atoms with van der Waals surface area (Å²) in [6.07, 6.45) is 2.16. The third-order valence-corrected chi connectivity index (χ3v) is 3.39. The van der Waals surface area contributed by atoms with E-state index in [2.05, 4.69) is 12.2 Å². The minimum Gasteiger partial charge on any atom is -0.475 e. The molecule has 2 N–H and O–H groups in total. The summed E-state index contributed by atoms with van der Waals surface area (Å²) in [4.78, 5) is 10.9. The molecule has 21 heavy (non-hydrogen) atoms. The van der Waals surface area contributed by atoms with Gasteiger partial charge in [0.05, 0.1) is 6.61 Å². The Morgan fingerprint density at radius 3 is 2.90 bits per heavy atom. The Balaban J connectivity index is 2.06. The molecule has 1 aromatic heterocycles. The fourth-order valence-electron chi connectivity index (χ4n) is 2.36. The van der Waals surface area contributed by atoms with Gasteiger partial charge in [-0.05, 0) is 30.2 Å². The summed E-state index contributed by atoms with van der Waals surface area (Å²) in [5.74, 6) is -1.08. The van der Waals surface area contributed by atoms with Crippen LogP contribution < -0.4 is 5.32 Å². The highest BCUT2D eigenvalue weighted by molar-refractivity contribution is 5.91. The van der Waals surface area contributed by atoms with Crippen LogP contribution in [-0.2, 0) is 11.3 Å². The molecule has 0 bridgehead atoms. The average Bonchev–Trinajstić information content (AvgIpc) is 2.88. The number of ether oxygens (including phenoxy) is 1. The van der Waals surface area contributed by atoms with Crippen molar-refractivity contribution in [1.29, 1.82) is 0 Å². The SMILES string of the molecule is CCCC(COC)NCc1ccc2oc(C(=O)O)cc2c1. The van der Waals surface area contributed by atoms with E-state index in [1.807, 2.05) is 18.2 Å². The third kappa shape index (κ3) is 4.06. The molecular formula is C16H21NO4. The zero-order valence-electron chi connectivity index (χ0n) is 12.4. The Bertz CT molecular complexity index is 599. The van der Waals surface area contributed by atoms with Crippen LogP contribution in [0.2, 0.25) is 0 Å². The highest BCUT2D eigenvalue weighted by Crippen LogP contribution is 2.21. The van der Waals surface area contributed by atoms with Crippen molar-refractivity contribution >= 4 is 16.9 Å². The number of benzene rings is 1. The van der Waals surface area contributed by atoms with E-state index in [1.54, 1.807) is 13.2 Å². The van der Waals surface area contributed by atoms with Crippen LogP contribution in [0.25, 0.3) is 11.0 Å². The number of hydrogen-bond donors (Lipinski definition) is 2. The van der Waals surface area contributed by atoms with E-state index < -0.39 is 5.97 Å². The molecule has 0 spiro atoms. The first-order chi connectivity index (χ1) is 10.1. The highest BCUT2D eigenvalue weighted by Gasteiger charge is 2.11. The average molecular weight is 291 g/mol. The molecule has 5 nitrogen and oxygen atoms in total. The van der Waals surface area contributed by atoms with Gasteiger partial charge in [0.15, 0.2) is 0 Å². The van der Waals surface area contributed by atoms with Crippen LogP contribution in [0.1, 0.15) is 35.9 Å². The molecule has 2 rings (SSSR count). The molecule has 1 atom stereocenters. The van der Waals surface area contributed by atoms with Crippen molar-refractivity contribution in [1.82, 2.24) is 5.32 Å². The lowest BCUT2D eigenvalue weighted by Gasteiger charge is -2.17. The number of carboxylic acids is 1. The maximum absolute atomic E-state index is 10.9. The summed E-state index contributed by atoms with van der Waals surface area (Å²) in [5, 5.41) is 13.2. The molecule has 2 aromatic rings. The summed E-state index contributed by atoms with van der Waals surface area (Å²) < 4.78 is 10.4. The molecule has 0 aliphatic heterocycles. The Hall–Kier alpha value is -1.85. The Morgan fingerprint density at radius 2 is 2.24 bits per heavy atom. The lowest BCUT2D eigenvalue weighted by molar-refractivity contribution is 0.0665. The molecule has 0 fully saturated rings. The number of furan rings is 1. The molecule has 0 radical (unpaired) electrons. The van der Waals surface area contributed by atoms with Gasteiger partial charge in [-0.25, -0.2) is 4.79 Å². The van der Waals surface area contributed by atoms with Crippen LogP contribution in [0.3, 0.4) is 0 Å². The van der Waals surface area contributed by atoms with Crippen LogP contribution in [-0.4, -0.2) is 30.8 Å². The van der Waals surface area contributed by atoms with Gasteiger partial charge in [0, 0.05) is 25.1 Å². The van der Waals surface area contributed by atoms with Crippen LogP contribution in [0.4, 0.5) is 0 Å². The number of carboxylic acid groups (broad SMARTS) is 1. The van der Waals surface area contributed by atoms with Gasteiger partial charge in [0.25, 0.3) is 0 Å². The molecule has 1 heterocycles. The molecule has 0 aliphatic carbocycles. The van der Waals surface area contributed by atoms with Gasteiger partial charge in [0.1, 0.15) is 5.58 Å². The summed E-state index contributed by atoms with van der Waals surface area (Å²) in [7, 11) is 1.70. The van der Waals surface area contributed by atoms with E-state index in [-0.39, 0.29) is 5.76 Å². The first-order valence-electron chi connectivity index (χ1n) is 7.12. The fraction of sp³-hybridized carbons (Fsp3) is 0.438. The number of carbonyl (C=O) groups is 1. The molecule has 0 saturated carbocycles. The predicted molar refractivity (Wildman–Crippen MR) is 80.6 cm³/mol. The summed E-state index contributed by atoms with van der Waals surface area (Å²) in [6, 6.07) is 7.59. The molecule has 1 aromatic carbocycles. The van der Waals surface area contributed by atoms with E-state index in [9.17, 15) is 4.79 Å². The minimum atomic E-state index is -1.05. The molecule has 0 aliphatic rings. The number of nitrogens with one attached hydrogen (secondary N) is 1. The van der Waals surface area contributed by atoms with Crippen LogP contribution in [0.5, 0.6) is 0 Å². The first kappa shape index (κ1) is 15.5. The number of methoxy groups -OCH3 is 1. The van der Waals surface area contributed by atoms with E-state index >= 15 is 0 Å². The van der Waals surface area contributed by atoms with Crippen LogP contribution in [0, 0.1) is 0 Å². The largest absolute Gasteiger partial charge is 0.475 e. The lowest BCUT2D eigenvalue weighted by Crippen LogP contribution is -2.32. The number of rotatable bonds is 8. The zero-order chi connectivity index (χ0) is 15.2. The van der Waals surface area contributed by atoms with Gasteiger partial charge in [0.2, 0.25) is 5.76 Å². The fourth-order valence-corrected chi connectivity index (χ4v) is 2.36. The van der Waals surface area contributed by atoms with Crippen LogP contribution >= 0.6 is 0 Å². The monoisotopic (exact) mass is 291 g/mol. The zero-order valence-corrected chi connectivity index (χ0v) is 12.4. The first-order valence-corrected chi connectivity index (χ1v) is 7.12. The second-order valence-electron chi connectivity index (χ2n) is 5.11. The summed E-state index contributed by atoms with van der Waals surface area (Å²) in [5.41, 5.74) is 1.69. The van der Waals surface area contributed by atoms with Crippen molar-refractivity contribution in [3.05, 3.63) is 35.6 Å².